The maximum atomic E-state index is 11.4. The topological polar surface area (TPSA) is 44.4 Å². The lowest BCUT2D eigenvalue weighted by Gasteiger charge is -2.26. The van der Waals surface area contributed by atoms with E-state index in [1.165, 1.54) is 0 Å². The summed E-state index contributed by atoms with van der Waals surface area (Å²) in [7, 11) is 0. The predicted octanol–water partition coefficient (Wildman–Crippen LogP) is -0.629. The van der Waals surface area contributed by atoms with Crippen LogP contribution in [0.4, 0.5) is 0 Å². The van der Waals surface area contributed by atoms with E-state index < -0.39 is 0 Å². The molecule has 1 heterocycles. The molecule has 0 unspecified atom stereocenters. The third-order valence-electron chi connectivity index (χ3n) is 2.21. The van der Waals surface area contributed by atoms with Gasteiger partial charge in [0.1, 0.15) is 0 Å². The summed E-state index contributed by atoms with van der Waals surface area (Å²) in [4.78, 5) is 13.6. The summed E-state index contributed by atoms with van der Waals surface area (Å²) in [5.41, 5.74) is 0. The van der Waals surface area contributed by atoms with Crippen LogP contribution < -0.4 is 10.6 Å². The van der Waals surface area contributed by atoms with Crippen molar-refractivity contribution in [3.63, 3.8) is 0 Å². The average Bonchev–Trinajstić information content (AvgIpc) is 2.20. The zero-order valence-electron chi connectivity index (χ0n) is 8.71. The van der Waals surface area contributed by atoms with Gasteiger partial charge in [-0.1, -0.05) is 0 Å². The van der Waals surface area contributed by atoms with Crippen LogP contribution in [-0.4, -0.2) is 62.1 Å². The van der Waals surface area contributed by atoms with E-state index in [1.54, 1.807) is 11.8 Å². The zero-order chi connectivity index (χ0) is 10.2. The smallest absolute Gasteiger partial charge is 0.234 e. The first kappa shape index (κ1) is 11.8. The number of carbonyl (C=O) groups excluding carboxylic acids is 1. The zero-order valence-corrected chi connectivity index (χ0v) is 9.53. The molecule has 1 saturated heterocycles. The van der Waals surface area contributed by atoms with Crippen molar-refractivity contribution in [2.45, 2.75) is 0 Å². The second-order valence-corrected chi connectivity index (χ2v) is 4.35. The minimum absolute atomic E-state index is 0.154. The fraction of sp³-hybridized carbons (Fsp3) is 0.889. The Morgan fingerprint density at radius 1 is 1.50 bits per heavy atom. The number of amides is 1. The van der Waals surface area contributed by atoms with Crippen LogP contribution in [0, 0.1) is 0 Å². The minimum atomic E-state index is 0.154. The Morgan fingerprint density at radius 3 is 2.86 bits per heavy atom. The van der Waals surface area contributed by atoms with E-state index in [4.69, 9.17) is 0 Å². The molecule has 1 rings (SSSR count). The Labute approximate surface area is 89.8 Å². The Bertz CT molecular complexity index is 171. The van der Waals surface area contributed by atoms with Crippen LogP contribution >= 0.6 is 11.8 Å². The summed E-state index contributed by atoms with van der Waals surface area (Å²) >= 11 is 1.75. The molecule has 0 radical (unpaired) electrons. The van der Waals surface area contributed by atoms with Crippen molar-refractivity contribution in [1.29, 1.82) is 0 Å². The van der Waals surface area contributed by atoms with E-state index in [2.05, 4.69) is 15.5 Å². The normalized spacial score (nSPS) is 18.1. The van der Waals surface area contributed by atoms with Gasteiger partial charge in [0.15, 0.2) is 0 Å². The maximum Gasteiger partial charge on any atom is 0.234 e. The van der Waals surface area contributed by atoms with Gasteiger partial charge in [0.25, 0.3) is 0 Å². The van der Waals surface area contributed by atoms with Crippen molar-refractivity contribution in [3.05, 3.63) is 0 Å². The lowest BCUT2D eigenvalue weighted by Crippen LogP contribution is -2.47. The van der Waals surface area contributed by atoms with E-state index in [0.717, 1.165) is 38.5 Å². The molecular formula is C9H19N3OS. The molecule has 0 aromatic rings. The Morgan fingerprint density at radius 2 is 2.21 bits per heavy atom. The van der Waals surface area contributed by atoms with E-state index in [9.17, 15) is 4.79 Å². The third kappa shape index (κ3) is 4.83. The van der Waals surface area contributed by atoms with Crippen LogP contribution in [0.5, 0.6) is 0 Å². The monoisotopic (exact) mass is 217 g/mol. The van der Waals surface area contributed by atoms with Crippen LogP contribution in [-0.2, 0) is 4.79 Å². The Balaban J connectivity index is 2.06. The second-order valence-electron chi connectivity index (χ2n) is 3.37. The number of nitrogens with zero attached hydrogens (tertiary/aromatic N) is 1. The molecule has 0 aromatic carbocycles. The molecule has 0 atom stereocenters. The fourth-order valence-corrected chi connectivity index (χ4v) is 1.73. The first-order valence-corrected chi connectivity index (χ1v) is 6.41. The molecule has 0 saturated carbocycles. The molecule has 0 bridgehead atoms. The van der Waals surface area contributed by atoms with Crippen molar-refractivity contribution in [1.82, 2.24) is 15.5 Å². The van der Waals surface area contributed by atoms with Gasteiger partial charge >= 0.3 is 0 Å². The highest BCUT2D eigenvalue weighted by atomic mass is 32.2. The molecule has 4 nitrogen and oxygen atoms in total. The quantitative estimate of drug-likeness (QED) is 0.602. The molecule has 1 aliphatic rings. The number of hydrogen-bond acceptors (Lipinski definition) is 4. The van der Waals surface area contributed by atoms with Gasteiger partial charge in [-0.3, -0.25) is 9.69 Å². The highest BCUT2D eigenvalue weighted by molar-refractivity contribution is 7.98. The molecule has 1 fully saturated rings. The molecule has 5 heteroatoms. The molecule has 1 aliphatic heterocycles. The lowest BCUT2D eigenvalue weighted by molar-refractivity contribution is -0.122. The van der Waals surface area contributed by atoms with E-state index in [-0.39, 0.29) is 5.91 Å². The molecule has 82 valence electrons. The molecule has 14 heavy (non-hydrogen) atoms. The van der Waals surface area contributed by atoms with E-state index in [1.807, 2.05) is 6.26 Å². The summed E-state index contributed by atoms with van der Waals surface area (Å²) in [5, 5.41) is 6.17. The van der Waals surface area contributed by atoms with Crippen LogP contribution in [0.25, 0.3) is 0 Å². The number of rotatable bonds is 5. The summed E-state index contributed by atoms with van der Waals surface area (Å²) in [6.45, 7) is 5.30. The standard InChI is InChI=1S/C9H19N3OS/c1-14-7-4-11-9(13)8-12-5-2-10-3-6-12/h10H,2-8H2,1H3,(H,11,13). The van der Waals surface area contributed by atoms with Crippen molar-refractivity contribution < 1.29 is 4.79 Å². The van der Waals surface area contributed by atoms with Crippen LogP contribution in [0.2, 0.25) is 0 Å². The SMILES string of the molecule is CSCCNC(=O)CN1CCNCC1. The minimum Gasteiger partial charge on any atom is -0.354 e. The van der Waals surface area contributed by atoms with Crippen molar-refractivity contribution >= 4 is 17.7 Å². The average molecular weight is 217 g/mol. The molecule has 0 aliphatic carbocycles. The Kier molecular flexibility index (Phi) is 5.98. The fourth-order valence-electron chi connectivity index (χ4n) is 1.42. The van der Waals surface area contributed by atoms with Crippen molar-refractivity contribution in [2.75, 3.05) is 51.3 Å². The highest BCUT2D eigenvalue weighted by Crippen LogP contribution is 1.91. The van der Waals surface area contributed by atoms with Gasteiger partial charge < -0.3 is 10.6 Å². The van der Waals surface area contributed by atoms with Gasteiger partial charge in [-0.25, -0.2) is 0 Å². The summed E-state index contributed by atoms with van der Waals surface area (Å²) < 4.78 is 0. The number of nitrogens with one attached hydrogen (secondary N) is 2. The van der Waals surface area contributed by atoms with Crippen molar-refractivity contribution in [2.24, 2.45) is 0 Å². The van der Waals surface area contributed by atoms with Gasteiger partial charge in [0, 0.05) is 38.5 Å². The first-order chi connectivity index (χ1) is 6.83. The second kappa shape index (κ2) is 7.09. The maximum absolute atomic E-state index is 11.4. The summed E-state index contributed by atoms with van der Waals surface area (Å²) in [6, 6.07) is 0. The molecule has 1 amide bonds. The van der Waals surface area contributed by atoms with Gasteiger partial charge in [0.2, 0.25) is 5.91 Å². The number of thioether (sulfide) groups is 1. The number of piperazine rings is 1. The van der Waals surface area contributed by atoms with Crippen LogP contribution in [0.1, 0.15) is 0 Å². The molecule has 0 aromatic heterocycles. The van der Waals surface area contributed by atoms with Gasteiger partial charge in [-0.2, -0.15) is 11.8 Å². The lowest BCUT2D eigenvalue weighted by atomic mass is 10.3. The van der Waals surface area contributed by atoms with Gasteiger partial charge in [-0.15, -0.1) is 0 Å². The Hall–Kier alpha value is -0.260. The van der Waals surface area contributed by atoms with E-state index >= 15 is 0 Å². The number of hydrogen-bond donors (Lipinski definition) is 2. The van der Waals surface area contributed by atoms with Crippen molar-refractivity contribution in [3.8, 4) is 0 Å². The van der Waals surface area contributed by atoms with Crippen LogP contribution in [0.15, 0.2) is 0 Å². The van der Waals surface area contributed by atoms with Gasteiger partial charge in [-0.05, 0) is 6.26 Å². The largest absolute Gasteiger partial charge is 0.354 e. The molecule has 0 spiro atoms. The summed E-state index contributed by atoms with van der Waals surface area (Å²) in [5.74, 6) is 1.15. The molecular weight excluding hydrogens is 198 g/mol. The third-order valence-corrected chi connectivity index (χ3v) is 2.82. The first-order valence-electron chi connectivity index (χ1n) is 5.01. The van der Waals surface area contributed by atoms with Gasteiger partial charge in [0.05, 0.1) is 6.54 Å². The highest BCUT2D eigenvalue weighted by Gasteiger charge is 2.12. The van der Waals surface area contributed by atoms with Crippen LogP contribution in [0.3, 0.4) is 0 Å². The summed E-state index contributed by atoms with van der Waals surface area (Å²) in [6.07, 6.45) is 2.04. The van der Waals surface area contributed by atoms with E-state index in [0.29, 0.717) is 6.54 Å². The predicted molar refractivity (Wildman–Crippen MR) is 60.7 cm³/mol. The number of carbonyl (C=O) groups is 1. The molecule has 2 N–H and O–H groups in total.